The predicted octanol–water partition coefficient (Wildman–Crippen LogP) is -0.497. The molecule has 1 rings (SSSR count). The van der Waals surface area contributed by atoms with Crippen molar-refractivity contribution in [1.29, 1.82) is 0 Å². The number of ether oxygens (including phenoxy) is 1. The lowest BCUT2D eigenvalue weighted by Gasteiger charge is -2.17. The summed E-state index contributed by atoms with van der Waals surface area (Å²) in [4.78, 5) is 48.0. The molecule has 21 heavy (non-hydrogen) atoms. The highest BCUT2D eigenvalue weighted by molar-refractivity contribution is 7.03. The molecule has 0 saturated heterocycles. The van der Waals surface area contributed by atoms with Gasteiger partial charge in [0, 0.05) is 24.6 Å². The number of nitrogens with zero attached hydrogens (tertiary/aromatic N) is 3. The summed E-state index contributed by atoms with van der Waals surface area (Å²) in [5.74, 6) is -0.900. The van der Waals surface area contributed by atoms with Gasteiger partial charge in [-0.3, -0.25) is 14.4 Å². The van der Waals surface area contributed by atoms with E-state index < -0.39 is 16.5 Å². The second-order valence-corrected chi connectivity index (χ2v) is 5.11. The Morgan fingerprint density at radius 2 is 1.76 bits per heavy atom. The van der Waals surface area contributed by atoms with E-state index in [1.165, 1.54) is 4.90 Å². The Labute approximate surface area is 125 Å². The molecule has 0 aliphatic carbocycles. The van der Waals surface area contributed by atoms with E-state index in [0.29, 0.717) is 24.6 Å². The number of amides is 1. The molecule has 1 heterocycles. The van der Waals surface area contributed by atoms with Crippen LogP contribution < -0.4 is 10.6 Å². The van der Waals surface area contributed by atoms with Gasteiger partial charge in [-0.2, -0.15) is 0 Å². The lowest BCUT2D eigenvalue weighted by molar-refractivity contribution is -0.143. The third-order valence-electron chi connectivity index (χ3n) is 2.84. The smallest absolute Gasteiger partial charge is 0.342 e. The summed E-state index contributed by atoms with van der Waals surface area (Å²) < 4.78 is 6.56. The molecule has 1 amide bonds. The van der Waals surface area contributed by atoms with Crippen LogP contribution in [0.25, 0.3) is 0 Å². The van der Waals surface area contributed by atoms with Crippen molar-refractivity contribution in [1.82, 2.24) is 13.4 Å². The fourth-order valence-corrected chi connectivity index (χ4v) is 2.54. The first-order valence-corrected chi connectivity index (χ1v) is 7.46. The molecule has 1 aromatic heterocycles. The van der Waals surface area contributed by atoms with E-state index in [2.05, 4.69) is 0 Å². The van der Waals surface area contributed by atoms with Gasteiger partial charge in [0.05, 0.1) is 6.61 Å². The van der Waals surface area contributed by atoms with Crippen LogP contribution in [-0.4, -0.2) is 45.0 Å². The molecule has 0 aromatic carbocycles. The standard InChI is InChI=1S/C12H19N3O5S/c1-4-13(5-2)9(16)7-14-11(18)15(21-12(14)19)8-10(17)20-6-3/h4-8H2,1-3H3. The van der Waals surface area contributed by atoms with Gasteiger partial charge in [-0.1, -0.05) is 0 Å². The summed E-state index contributed by atoms with van der Waals surface area (Å²) >= 11 is 0.604. The van der Waals surface area contributed by atoms with Crippen LogP contribution in [0.3, 0.4) is 0 Å². The van der Waals surface area contributed by atoms with Gasteiger partial charge in [-0.25, -0.2) is 13.3 Å². The lowest BCUT2D eigenvalue weighted by atomic mass is 10.4. The van der Waals surface area contributed by atoms with Crippen molar-refractivity contribution >= 4 is 23.4 Å². The monoisotopic (exact) mass is 317 g/mol. The molecule has 0 N–H and O–H groups in total. The molecule has 1 aromatic rings. The first-order valence-electron chi connectivity index (χ1n) is 6.68. The molecule has 0 unspecified atom stereocenters. The van der Waals surface area contributed by atoms with Gasteiger partial charge < -0.3 is 9.64 Å². The highest BCUT2D eigenvalue weighted by Gasteiger charge is 2.18. The van der Waals surface area contributed by atoms with Crippen LogP contribution in [0.2, 0.25) is 0 Å². The average Bonchev–Trinajstić information content (AvgIpc) is 2.68. The molecule has 0 spiro atoms. The normalized spacial score (nSPS) is 10.4. The van der Waals surface area contributed by atoms with Crippen molar-refractivity contribution in [3.63, 3.8) is 0 Å². The summed E-state index contributed by atoms with van der Waals surface area (Å²) in [5.41, 5.74) is -0.668. The van der Waals surface area contributed by atoms with Crippen LogP contribution in [0.15, 0.2) is 9.59 Å². The van der Waals surface area contributed by atoms with Crippen LogP contribution in [0, 0.1) is 0 Å². The second kappa shape index (κ2) is 7.77. The van der Waals surface area contributed by atoms with E-state index in [1.807, 2.05) is 13.8 Å². The molecular weight excluding hydrogens is 298 g/mol. The topological polar surface area (TPSA) is 90.6 Å². The first-order chi connectivity index (χ1) is 9.94. The van der Waals surface area contributed by atoms with Gasteiger partial charge in [0.15, 0.2) is 0 Å². The Kier molecular flexibility index (Phi) is 6.35. The summed E-state index contributed by atoms with van der Waals surface area (Å²) in [6, 6.07) is 0. The SMILES string of the molecule is CCOC(=O)Cn1sc(=O)n(CC(=O)N(CC)CC)c1=O. The number of carbonyl (C=O) groups excluding carboxylic acids is 2. The maximum Gasteiger partial charge on any atom is 0.342 e. The Morgan fingerprint density at radius 1 is 1.14 bits per heavy atom. The van der Waals surface area contributed by atoms with Gasteiger partial charge in [0.25, 0.3) is 0 Å². The number of hydrogen-bond donors (Lipinski definition) is 0. The van der Waals surface area contributed by atoms with Gasteiger partial charge in [-0.05, 0) is 20.8 Å². The number of hydrogen-bond acceptors (Lipinski definition) is 6. The fraction of sp³-hybridized carbons (Fsp3) is 0.667. The van der Waals surface area contributed by atoms with E-state index in [0.717, 1.165) is 8.52 Å². The highest BCUT2D eigenvalue weighted by atomic mass is 32.1. The number of esters is 1. The van der Waals surface area contributed by atoms with E-state index in [9.17, 15) is 19.2 Å². The Hall–Kier alpha value is -1.90. The van der Waals surface area contributed by atoms with Gasteiger partial charge in [0.2, 0.25) is 5.91 Å². The molecule has 0 aliphatic heterocycles. The molecule has 0 atom stereocenters. The van der Waals surface area contributed by atoms with Crippen molar-refractivity contribution in [3.8, 4) is 0 Å². The molecule has 118 valence electrons. The zero-order valence-corrected chi connectivity index (χ0v) is 13.1. The molecule has 0 saturated carbocycles. The van der Waals surface area contributed by atoms with Crippen molar-refractivity contribution < 1.29 is 14.3 Å². The average molecular weight is 317 g/mol. The molecule has 0 radical (unpaired) electrons. The van der Waals surface area contributed by atoms with Crippen molar-refractivity contribution in [2.24, 2.45) is 0 Å². The minimum absolute atomic E-state index is 0.198. The van der Waals surface area contributed by atoms with E-state index in [4.69, 9.17) is 4.74 Å². The zero-order valence-electron chi connectivity index (χ0n) is 12.3. The predicted molar refractivity (Wildman–Crippen MR) is 77.4 cm³/mol. The first kappa shape index (κ1) is 17.2. The number of rotatable bonds is 7. The van der Waals surface area contributed by atoms with Crippen LogP contribution >= 0.6 is 11.5 Å². The second-order valence-electron chi connectivity index (χ2n) is 4.13. The third kappa shape index (κ3) is 4.28. The van der Waals surface area contributed by atoms with Crippen molar-refractivity contribution in [2.45, 2.75) is 33.9 Å². The fourth-order valence-electron chi connectivity index (χ4n) is 1.76. The van der Waals surface area contributed by atoms with Crippen molar-refractivity contribution in [2.75, 3.05) is 19.7 Å². The summed E-state index contributed by atoms with van der Waals surface area (Å²) in [6.07, 6.45) is 0. The highest BCUT2D eigenvalue weighted by Crippen LogP contribution is 1.94. The molecule has 8 nitrogen and oxygen atoms in total. The molecule has 0 fully saturated rings. The van der Waals surface area contributed by atoms with E-state index in [1.54, 1.807) is 6.92 Å². The van der Waals surface area contributed by atoms with Crippen LogP contribution in [0.4, 0.5) is 0 Å². The lowest BCUT2D eigenvalue weighted by Crippen LogP contribution is -2.39. The van der Waals surface area contributed by atoms with Crippen LogP contribution in [0.1, 0.15) is 20.8 Å². The number of carbonyl (C=O) groups is 2. The maximum absolute atomic E-state index is 12.0. The Morgan fingerprint density at radius 3 is 2.29 bits per heavy atom. The van der Waals surface area contributed by atoms with Crippen LogP contribution in [0.5, 0.6) is 0 Å². The minimum atomic E-state index is -0.668. The minimum Gasteiger partial charge on any atom is -0.465 e. The molecule has 0 bridgehead atoms. The van der Waals surface area contributed by atoms with E-state index >= 15 is 0 Å². The summed E-state index contributed by atoms with van der Waals surface area (Å²) in [7, 11) is 0. The Balaban J connectivity index is 2.93. The molecular formula is C12H19N3O5S. The van der Waals surface area contributed by atoms with Gasteiger partial charge in [0.1, 0.15) is 13.1 Å². The van der Waals surface area contributed by atoms with Gasteiger partial charge in [-0.15, -0.1) is 0 Å². The summed E-state index contributed by atoms with van der Waals surface area (Å²) in [5, 5.41) is 0. The largest absolute Gasteiger partial charge is 0.465 e. The molecule has 0 aliphatic rings. The van der Waals surface area contributed by atoms with E-state index in [-0.39, 0.29) is 25.6 Å². The van der Waals surface area contributed by atoms with Crippen molar-refractivity contribution in [3.05, 3.63) is 20.2 Å². The zero-order chi connectivity index (χ0) is 16.0. The summed E-state index contributed by atoms with van der Waals surface area (Å²) in [6.45, 7) is 5.86. The third-order valence-corrected chi connectivity index (χ3v) is 3.72. The number of aromatic nitrogens is 2. The molecule has 9 heteroatoms. The number of likely N-dealkylation sites (N-methyl/N-ethyl adjacent to an activating group) is 1. The quantitative estimate of drug-likeness (QED) is 0.633. The Bertz CT molecular complexity index is 611. The van der Waals surface area contributed by atoms with Gasteiger partial charge >= 0.3 is 16.5 Å². The maximum atomic E-state index is 12.0. The van der Waals surface area contributed by atoms with Crippen LogP contribution in [-0.2, 0) is 27.4 Å².